The summed E-state index contributed by atoms with van der Waals surface area (Å²) < 4.78 is 8.36. The van der Waals surface area contributed by atoms with Crippen LogP contribution in [0.2, 0.25) is 0 Å². The van der Waals surface area contributed by atoms with E-state index in [0.717, 1.165) is 20.3 Å². The van der Waals surface area contributed by atoms with Gasteiger partial charge in [0.05, 0.1) is 0 Å². The van der Waals surface area contributed by atoms with Gasteiger partial charge in [0.15, 0.2) is 0 Å². The molecule has 0 unspecified atom stereocenters. The zero-order chi connectivity index (χ0) is 19.4. The van der Waals surface area contributed by atoms with Gasteiger partial charge in [0.25, 0.3) is 0 Å². The average Bonchev–Trinajstić information content (AvgIpc) is 2.68. The van der Waals surface area contributed by atoms with Gasteiger partial charge in [0.2, 0.25) is 0 Å². The fourth-order valence-electron chi connectivity index (χ4n) is 3.07. The van der Waals surface area contributed by atoms with Crippen LogP contribution < -0.4 is 11.2 Å². The number of benzene rings is 2. The number of aromatic nitrogens is 2. The van der Waals surface area contributed by atoms with Crippen molar-refractivity contribution in [1.82, 2.24) is 8.15 Å². The second-order valence-electron chi connectivity index (χ2n) is 6.32. The van der Waals surface area contributed by atoms with Crippen molar-refractivity contribution >= 4 is 16.2 Å². The molecule has 1 heterocycles. The van der Waals surface area contributed by atoms with Crippen LogP contribution in [0.1, 0.15) is 23.6 Å². The van der Waals surface area contributed by atoms with Crippen LogP contribution in [0, 0.1) is 6.92 Å². The zero-order valence-corrected chi connectivity index (χ0v) is 17.1. The van der Waals surface area contributed by atoms with Crippen LogP contribution in [0.15, 0.2) is 64.2 Å². The van der Waals surface area contributed by atoms with Crippen LogP contribution >= 0.6 is 0 Å². The van der Waals surface area contributed by atoms with Gasteiger partial charge in [-0.2, -0.15) is 0 Å². The van der Waals surface area contributed by atoms with E-state index in [1.165, 1.54) is 4.57 Å². The van der Waals surface area contributed by atoms with Crippen molar-refractivity contribution in [1.29, 1.82) is 0 Å². The standard InChI is InChI=1S/C21H21N2O3Se/c1-3-18-19(17-11-7-8-15(2)12-17)22(21(25)23(27)20(18)24)14-26-13-16-9-5-4-6-10-16/h4-12H,3,13-14H2,1-2H3. The predicted octanol–water partition coefficient (Wildman–Crippen LogP) is 2.65. The first-order valence-corrected chi connectivity index (χ1v) is 9.54. The summed E-state index contributed by atoms with van der Waals surface area (Å²) in [5, 5.41) is 0. The van der Waals surface area contributed by atoms with Gasteiger partial charge in [-0.05, 0) is 0 Å². The van der Waals surface area contributed by atoms with Crippen LogP contribution in [0.4, 0.5) is 0 Å². The van der Waals surface area contributed by atoms with Crippen LogP contribution in [0.3, 0.4) is 0 Å². The summed E-state index contributed by atoms with van der Waals surface area (Å²) in [7, 11) is 0. The van der Waals surface area contributed by atoms with Crippen molar-refractivity contribution in [3.05, 3.63) is 92.1 Å². The molecule has 139 valence electrons. The van der Waals surface area contributed by atoms with Crippen molar-refractivity contribution in [2.45, 2.75) is 33.6 Å². The molecular formula is C21H21N2O3Se. The first kappa shape index (κ1) is 19.4. The molecule has 3 rings (SSSR count). The summed E-state index contributed by atoms with van der Waals surface area (Å²) in [6.45, 7) is 4.34. The van der Waals surface area contributed by atoms with E-state index in [9.17, 15) is 9.59 Å². The summed E-state index contributed by atoms with van der Waals surface area (Å²) in [5.74, 6) is 0. The number of hydrogen-bond donors (Lipinski definition) is 0. The molecule has 0 aliphatic rings. The van der Waals surface area contributed by atoms with E-state index in [4.69, 9.17) is 4.74 Å². The molecule has 0 saturated heterocycles. The summed E-state index contributed by atoms with van der Waals surface area (Å²) >= 11 is 2.57. The molecule has 5 nitrogen and oxygen atoms in total. The number of ether oxygens (including phenoxy) is 1. The Hall–Kier alpha value is -2.40. The number of rotatable bonds is 6. The van der Waals surface area contributed by atoms with E-state index in [-0.39, 0.29) is 12.3 Å². The molecule has 1 radical (unpaired) electrons. The normalized spacial score (nSPS) is 10.9. The molecule has 0 fully saturated rings. The number of nitrogens with zero attached hydrogens (tertiary/aromatic N) is 2. The minimum atomic E-state index is -0.429. The van der Waals surface area contributed by atoms with E-state index >= 15 is 0 Å². The molecule has 0 spiro atoms. The molecule has 0 aliphatic heterocycles. The van der Waals surface area contributed by atoms with Gasteiger partial charge in [0.1, 0.15) is 0 Å². The molecule has 0 aliphatic carbocycles. The van der Waals surface area contributed by atoms with Gasteiger partial charge < -0.3 is 0 Å². The quantitative estimate of drug-likeness (QED) is 0.568. The molecule has 1 aromatic heterocycles. The fraction of sp³-hybridized carbons (Fsp3) is 0.238. The third kappa shape index (κ3) is 4.14. The van der Waals surface area contributed by atoms with E-state index in [0.29, 0.717) is 24.3 Å². The number of aryl methyl sites for hydroxylation is 1. The Morgan fingerprint density at radius 1 is 1.04 bits per heavy atom. The number of hydrogen-bond acceptors (Lipinski definition) is 3. The molecule has 2 aromatic carbocycles. The maximum atomic E-state index is 12.8. The molecule has 6 heteroatoms. The van der Waals surface area contributed by atoms with Gasteiger partial charge in [-0.3, -0.25) is 0 Å². The first-order valence-electron chi connectivity index (χ1n) is 8.78. The average molecular weight is 428 g/mol. The van der Waals surface area contributed by atoms with Gasteiger partial charge in [-0.25, -0.2) is 0 Å². The van der Waals surface area contributed by atoms with Crippen molar-refractivity contribution in [3.63, 3.8) is 0 Å². The summed E-state index contributed by atoms with van der Waals surface area (Å²) in [6.07, 6.45) is 0.517. The summed E-state index contributed by atoms with van der Waals surface area (Å²) in [5.41, 5.74) is 3.39. The zero-order valence-electron chi connectivity index (χ0n) is 15.3. The third-order valence-corrected chi connectivity index (χ3v) is 5.06. The minimum absolute atomic E-state index is 0.0615. The molecule has 0 atom stereocenters. The Morgan fingerprint density at radius 3 is 2.44 bits per heavy atom. The Kier molecular flexibility index (Phi) is 6.11. The van der Waals surface area contributed by atoms with Crippen LogP contribution in [-0.4, -0.2) is 24.4 Å². The van der Waals surface area contributed by atoms with Crippen molar-refractivity contribution in [2.75, 3.05) is 0 Å². The van der Waals surface area contributed by atoms with Gasteiger partial charge in [-0.1, -0.05) is 0 Å². The van der Waals surface area contributed by atoms with Gasteiger partial charge in [0, 0.05) is 0 Å². The van der Waals surface area contributed by atoms with Crippen molar-refractivity contribution in [3.8, 4) is 11.3 Å². The van der Waals surface area contributed by atoms with Crippen molar-refractivity contribution < 1.29 is 4.74 Å². The molecule has 0 amide bonds. The van der Waals surface area contributed by atoms with Gasteiger partial charge in [-0.15, -0.1) is 0 Å². The third-order valence-electron chi connectivity index (χ3n) is 4.38. The Balaban J connectivity index is 2.07. The first-order chi connectivity index (χ1) is 13.0. The fourth-order valence-corrected chi connectivity index (χ4v) is 3.51. The molecule has 3 aromatic rings. The van der Waals surface area contributed by atoms with E-state index in [2.05, 4.69) is 16.2 Å². The topological polar surface area (TPSA) is 53.2 Å². The molecule has 27 heavy (non-hydrogen) atoms. The van der Waals surface area contributed by atoms with E-state index in [1.54, 1.807) is 0 Å². The Morgan fingerprint density at radius 2 is 1.78 bits per heavy atom. The molecule has 0 bridgehead atoms. The summed E-state index contributed by atoms with van der Waals surface area (Å²) in [4.78, 5) is 25.4. The van der Waals surface area contributed by atoms with Crippen LogP contribution in [-0.2, 0) is 24.5 Å². The summed E-state index contributed by atoms with van der Waals surface area (Å²) in [6, 6.07) is 17.6. The monoisotopic (exact) mass is 429 g/mol. The Labute approximate surface area is 166 Å². The maximum absolute atomic E-state index is 12.8. The second-order valence-corrected chi connectivity index (χ2v) is 7.09. The van der Waals surface area contributed by atoms with Gasteiger partial charge >= 0.3 is 166 Å². The Bertz CT molecular complexity index is 1060. The van der Waals surface area contributed by atoms with E-state index in [1.807, 2.05) is 68.4 Å². The van der Waals surface area contributed by atoms with Crippen LogP contribution in [0.5, 0.6) is 0 Å². The van der Waals surface area contributed by atoms with Crippen molar-refractivity contribution in [2.24, 2.45) is 0 Å². The molecule has 0 saturated carbocycles. The molecule has 0 N–H and O–H groups in total. The van der Waals surface area contributed by atoms with Crippen LogP contribution in [0.25, 0.3) is 11.3 Å². The predicted molar refractivity (Wildman–Crippen MR) is 107 cm³/mol. The molecular weight excluding hydrogens is 407 g/mol. The second kappa shape index (κ2) is 8.53. The SMILES string of the molecule is CCc1c(-c2cccc(C)c2)n(COCc2ccccc2)c(=O)n([Se])c1=O. The van der Waals surface area contributed by atoms with E-state index < -0.39 is 5.69 Å².